The summed E-state index contributed by atoms with van der Waals surface area (Å²) in [6, 6.07) is 0. The van der Waals surface area contributed by atoms with Crippen molar-refractivity contribution in [1.82, 2.24) is 0 Å². The smallest absolute Gasteiger partial charge is 0.0285 e. The summed E-state index contributed by atoms with van der Waals surface area (Å²) in [7, 11) is 0. The molecule has 0 unspecified atom stereocenters. The lowest BCUT2D eigenvalue weighted by atomic mass is 10.1. The van der Waals surface area contributed by atoms with Crippen molar-refractivity contribution >= 4 is 0 Å². The van der Waals surface area contributed by atoms with E-state index in [0.29, 0.717) is 0 Å². The average Bonchev–Trinajstić information content (AvgIpc) is 2.86. The van der Waals surface area contributed by atoms with Crippen molar-refractivity contribution < 1.29 is 0 Å². The van der Waals surface area contributed by atoms with Crippen LogP contribution in [-0.4, -0.2) is 0 Å². The van der Waals surface area contributed by atoms with Gasteiger partial charge in [-0.15, -0.1) is 0 Å². The van der Waals surface area contributed by atoms with Crippen molar-refractivity contribution in [3.05, 3.63) is 130 Å². The van der Waals surface area contributed by atoms with Gasteiger partial charge >= 0.3 is 0 Å². The molecule has 0 fully saturated rings. The molecule has 0 aliphatic carbocycles. The summed E-state index contributed by atoms with van der Waals surface area (Å²) in [5.41, 5.74) is 11.1. The van der Waals surface area contributed by atoms with Gasteiger partial charge in [0.2, 0.25) is 0 Å². The summed E-state index contributed by atoms with van der Waals surface area (Å²) in [4.78, 5) is 0. The van der Waals surface area contributed by atoms with Crippen LogP contribution in [0.4, 0.5) is 0 Å². The Morgan fingerprint density at radius 1 is 0.350 bits per heavy atom. The molecule has 0 aromatic carbocycles. The van der Waals surface area contributed by atoms with E-state index in [-0.39, 0.29) is 0 Å². The zero-order chi connectivity index (χ0) is 30.2. The topological polar surface area (TPSA) is 0 Å². The largest absolute Gasteiger partial charge is 0.0856 e. The summed E-state index contributed by atoms with van der Waals surface area (Å²) in [5, 5.41) is 0. The normalized spacial score (nSPS) is 14.7. The van der Waals surface area contributed by atoms with E-state index in [1.165, 1.54) is 57.4 Å². The van der Waals surface area contributed by atoms with Gasteiger partial charge in [-0.1, -0.05) is 130 Å². The van der Waals surface area contributed by atoms with E-state index in [4.69, 9.17) is 0 Å². The predicted molar refractivity (Wildman–Crippen MR) is 186 cm³/mol. The SMILES string of the molecule is CC(C)=CCCC(C)=CCCC(C)=C/C=C/C(C)=C/C=C/C=C(C)/C=C/C=C(/C)CCC=C(C)CCC=C(C)C. The first-order valence-electron chi connectivity index (χ1n) is 15.3. The molecule has 220 valence electrons. The van der Waals surface area contributed by atoms with Crippen LogP contribution in [0.25, 0.3) is 0 Å². The molecule has 0 amide bonds. The van der Waals surface area contributed by atoms with Crippen molar-refractivity contribution in [2.24, 2.45) is 0 Å². The molecule has 0 aromatic rings. The zero-order valence-corrected chi connectivity index (χ0v) is 27.7. The second-order valence-corrected chi connectivity index (χ2v) is 11.8. The van der Waals surface area contributed by atoms with Crippen LogP contribution < -0.4 is 0 Å². The lowest BCUT2D eigenvalue weighted by molar-refractivity contribution is 0.918. The minimum atomic E-state index is 1.12. The summed E-state index contributed by atoms with van der Waals surface area (Å²) in [6.07, 6.45) is 40.3. The maximum Gasteiger partial charge on any atom is -0.0285 e. The number of rotatable bonds is 18. The minimum Gasteiger partial charge on any atom is -0.0856 e. The lowest BCUT2D eigenvalue weighted by Gasteiger charge is -2.00. The summed E-state index contributed by atoms with van der Waals surface area (Å²) in [6.45, 7) is 21.9. The summed E-state index contributed by atoms with van der Waals surface area (Å²) in [5.74, 6) is 0. The van der Waals surface area contributed by atoms with Gasteiger partial charge in [-0.2, -0.15) is 0 Å². The number of hydrogen-bond donors (Lipinski definition) is 0. The van der Waals surface area contributed by atoms with Crippen LogP contribution >= 0.6 is 0 Å². The monoisotopic (exact) mass is 540 g/mol. The molecule has 0 aliphatic heterocycles. The second-order valence-electron chi connectivity index (χ2n) is 11.8. The quantitative estimate of drug-likeness (QED) is 0.120. The molecule has 0 heteroatoms. The Hall–Kier alpha value is -2.86. The number of hydrogen-bond acceptors (Lipinski definition) is 0. The fourth-order valence-corrected chi connectivity index (χ4v) is 3.89. The van der Waals surface area contributed by atoms with E-state index >= 15 is 0 Å². The van der Waals surface area contributed by atoms with Crippen LogP contribution in [0.2, 0.25) is 0 Å². The fourth-order valence-electron chi connectivity index (χ4n) is 3.89. The number of allylic oxidation sites excluding steroid dienone is 22. The zero-order valence-electron chi connectivity index (χ0n) is 27.7. The first-order chi connectivity index (χ1) is 19.0. The highest BCUT2D eigenvalue weighted by Gasteiger charge is 1.92. The molecule has 0 aromatic heterocycles. The highest BCUT2D eigenvalue weighted by atomic mass is 14.0. The average molecular weight is 541 g/mol. The standard InChI is InChI=1S/C40H60/c1-33(2)19-13-23-37(7)27-17-31-39(9)29-15-25-35(5)21-11-12-22-36(6)26-16-30-40(10)32-18-28-38(8)24-14-20-34(3)4/h11-12,15-16,19-22,25-30H,13-14,17-18,23-24,31-32H2,1-10H3/b12-11+,25-15+,26-16+,35-21+,36-22+,37-27?,38-28?,39-29-,40-30?. The molecule has 0 atom stereocenters. The van der Waals surface area contributed by atoms with Crippen LogP contribution in [-0.2, 0) is 0 Å². The van der Waals surface area contributed by atoms with Gasteiger partial charge in [-0.05, 0) is 121 Å². The molecule has 40 heavy (non-hydrogen) atoms. The summed E-state index contributed by atoms with van der Waals surface area (Å²) < 4.78 is 0. The van der Waals surface area contributed by atoms with Crippen molar-refractivity contribution in [2.45, 2.75) is 121 Å². The van der Waals surface area contributed by atoms with Crippen molar-refractivity contribution in [3.8, 4) is 0 Å². The van der Waals surface area contributed by atoms with E-state index in [1.807, 2.05) is 0 Å². The molecule has 0 saturated heterocycles. The molecule has 0 rings (SSSR count). The Morgan fingerprint density at radius 3 is 1.02 bits per heavy atom. The van der Waals surface area contributed by atoms with Gasteiger partial charge in [-0.25, -0.2) is 0 Å². The fraction of sp³-hybridized carbons (Fsp3) is 0.450. The van der Waals surface area contributed by atoms with E-state index in [0.717, 1.165) is 38.5 Å². The molecule has 0 spiro atoms. The molecule has 0 saturated carbocycles. The van der Waals surface area contributed by atoms with Crippen molar-refractivity contribution in [1.29, 1.82) is 0 Å². The molecule has 0 nitrogen and oxygen atoms in total. The molecule has 0 radical (unpaired) electrons. The Balaban J connectivity index is 4.51. The maximum atomic E-state index is 2.40. The van der Waals surface area contributed by atoms with Gasteiger partial charge in [0.1, 0.15) is 0 Å². The highest BCUT2D eigenvalue weighted by Crippen LogP contribution is 2.13. The van der Waals surface area contributed by atoms with Crippen LogP contribution in [0.3, 0.4) is 0 Å². The maximum absolute atomic E-state index is 2.40. The Kier molecular flexibility index (Phi) is 22.3. The van der Waals surface area contributed by atoms with Gasteiger partial charge < -0.3 is 0 Å². The van der Waals surface area contributed by atoms with Gasteiger partial charge in [0.25, 0.3) is 0 Å². The van der Waals surface area contributed by atoms with Gasteiger partial charge in [-0.3, -0.25) is 0 Å². The Morgan fingerprint density at radius 2 is 0.675 bits per heavy atom. The third kappa shape index (κ3) is 25.4. The Bertz CT molecular complexity index is 967. The molecule has 0 heterocycles. The van der Waals surface area contributed by atoms with Crippen LogP contribution in [0, 0.1) is 0 Å². The van der Waals surface area contributed by atoms with Crippen LogP contribution in [0.1, 0.15) is 121 Å². The van der Waals surface area contributed by atoms with Gasteiger partial charge in [0, 0.05) is 0 Å². The molecule has 0 aliphatic rings. The third-order valence-electron chi connectivity index (χ3n) is 6.55. The van der Waals surface area contributed by atoms with Crippen molar-refractivity contribution in [2.75, 3.05) is 0 Å². The first kappa shape index (κ1) is 37.1. The minimum absolute atomic E-state index is 1.12. The second kappa shape index (κ2) is 24.0. The summed E-state index contributed by atoms with van der Waals surface area (Å²) >= 11 is 0. The molecule has 0 bridgehead atoms. The third-order valence-corrected chi connectivity index (χ3v) is 6.55. The van der Waals surface area contributed by atoms with E-state index in [9.17, 15) is 0 Å². The van der Waals surface area contributed by atoms with Crippen LogP contribution in [0.5, 0.6) is 0 Å². The molecular formula is C40H60. The first-order valence-corrected chi connectivity index (χ1v) is 15.3. The lowest BCUT2D eigenvalue weighted by Crippen LogP contribution is -1.80. The molecular weight excluding hydrogens is 480 g/mol. The molecule has 0 N–H and O–H groups in total. The van der Waals surface area contributed by atoms with Crippen LogP contribution in [0.15, 0.2) is 130 Å². The predicted octanol–water partition coefficient (Wildman–Crippen LogP) is 13.4. The van der Waals surface area contributed by atoms with E-state index < -0.39 is 0 Å². The van der Waals surface area contributed by atoms with E-state index in [2.05, 4.69) is 154 Å². The highest BCUT2D eigenvalue weighted by molar-refractivity contribution is 5.30. The van der Waals surface area contributed by atoms with Gasteiger partial charge in [0.05, 0.1) is 0 Å². The van der Waals surface area contributed by atoms with Gasteiger partial charge in [0.15, 0.2) is 0 Å². The van der Waals surface area contributed by atoms with E-state index in [1.54, 1.807) is 0 Å². The Labute approximate surface area is 249 Å². The van der Waals surface area contributed by atoms with Crippen molar-refractivity contribution in [3.63, 3.8) is 0 Å².